The van der Waals surface area contributed by atoms with Crippen molar-refractivity contribution in [3.63, 3.8) is 0 Å². The summed E-state index contributed by atoms with van der Waals surface area (Å²) in [6, 6.07) is 0. The Morgan fingerprint density at radius 1 is 1.55 bits per heavy atom. The first-order chi connectivity index (χ1) is 5.27. The quantitative estimate of drug-likeness (QED) is 0.641. The molecule has 0 saturated heterocycles. The van der Waals surface area contributed by atoms with Crippen molar-refractivity contribution in [3.05, 3.63) is 24.3 Å². The van der Waals surface area contributed by atoms with E-state index in [0.29, 0.717) is 0 Å². The Labute approximate surface area is 66.1 Å². The van der Waals surface area contributed by atoms with Crippen molar-refractivity contribution < 1.29 is 0 Å². The van der Waals surface area contributed by atoms with Gasteiger partial charge in [-0.25, -0.2) is 9.67 Å². The first-order valence-electron chi connectivity index (χ1n) is 3.46. The molecule has 1 rings (SSSR count). The lowest BCUT2D eigenvalue weighted by Gasteiger charge is -1.90. The molecule has 0 aliphatic carbocycles. The van der Waals surface area contributed by atoms with E-state index in [-0.39, 0.29) is 0 Å². The first-order valence-corrected chi connectivity index (χ1v) is 3.46. The van der Waals surface area contributed by atoms with Crippen molar-refractivity contribution in [1.82, 2.24) is 14.8 Å². The SMILES string of the molecule is C=Cc1nc(C)nn1C=CC. The molecular weight excluding hydrogens is 138 g/mol. The summed E-state index contributed by atoms with van der Waals surface area (Å²) in [5.74, 6) is 1.54. The van der Waals surface area contributed by atoms with Crippen LogP contribution in [0, 0.1) is 6.92 Å². The number of rotatable bonds is 2. The maximum Gasteiger partial charge on any atom is 0.154 e. The molecule has 58 valence electrons. The Morgan fingerprint density at radius 2 is 2.27 bits per heavy atom. The van der Waals surface area contributed by atoms with Crippen LogP contribution in [0.1, 0.15) is 18.6 Å². The third-order valence-electron chi connectivity index (χ3n) is 1.24. The molecule has 1 aromatic heterocycles. The molecule has 0 spiro atoms. The maximum atomic E-state index is 4.13. The summed E-state index contributed by atoms with van der Waals surface area (Å²) in [6.07, 6.45) is 5.43. The standard InChI is InChI=1S/C8H11N3/c1-4-6-11-8(5-2)9-7(3)10-11/h4-6H,2H2,1,3H3. The number of nitrogens with zero attached hydrogens (tertiary/aromatic N) is 3. The number of hydrogen-bond acceptors (Lipinski definition) is 2. The van der Waals surface area contributed by atoms with E-state index in [9.17, 15) is 0 Å². The van der Waals surface area contributed by atoms with Gasteiger partial charge in [0.25, 0.3) is 0 Å². The van der Waals surface area contributed by atoms with Gasteiger partial charge in [0.1, 0.15) is 5.82 Å². The Morgan fingerprint density at radius 3 is 2.82 bits per heavy atom. The average Bonchev–Trinajstić information content (AvgIpc) is 2.32. The molecule has 0 atom stereocenters. The summed E-state index contributed by atoms with van der Waals surface area (Å²) < 4.78 is 1.70. The summed E-state index contributed by atoms with van der Waals surface area (Å²) in [6.45, 7) is 7.42. The maximum absolute atomic E-state index is 4.13. The second-order valence-corrected chi connectivity index (χ2v) is 2.15. The lowest BCUT2D eigenvalue weighted by Crippen LogP contribution is -1.91. The Bertz CT molecular complexity index is 284. The van der Waals surface area contributed by atoms with Crippen LogP contribution in [-0.4, -0.2) is 14.8 Å². The zero-order chi connectivity index (χ0) is 8.27. The fourth-order valence-corrected chi connectivity index (χ4v) is 0.837. The van der Waals surface area contributed by atoms with Gasteiger partial charge in [-0.2, -0.15) is 5.10 Å². The van der Waals surface area contributed by atoms with Gasteiger partial charge in [-0.1, -0.05) is 12.7 Å². The predicted molar refractivity (Wildman–Crippen MR) is 45.9 cm³/mol. The highest BCUT2D eigenvalue weighted by atomic mass is 15.3. The molecule has 0 aromatic carbocycles. The fourth-order valence-electron chi connectivity index (χ4n) is 0.837. The molecule has 0 aliphatic rings. The van der Waals surface area contributed by atoms with Gasteiger partial charge >= 0.3 is 0 Å². The van der Waals surface area contributed by atoms with E-state index in [1.54, 1.807) is 10.8 Å². The summed E-state index contributed by atoms with van der Waals surface area (Å²) in [4.78, 5) is 4.13. The third kappa shape index (κ3) is 1.55. The molecule has 3 heteroatoms. The normalized spacial score (nSPS) is 10.7. The number of aryl methyl sites for hydroxylation is 1. The van der Waals surface area contributed by atoms with Crippen molar-refractivity contribution in [1.29, 1.82) is 0 Å². The van der Waals surface area contributed by atoms with Crippen molar-refractivity contribution in [3.8, 4) is 0 Å². The van der Waals surface area contributed by atoms with Gasteiger partial charge in [-0.15, -0.1) is 0 Å². The van der Waals surface area contributed by atoms with E-state index in [2.05, 4.69) is 16.7 Å². The topological polar surface area (TPSA) is 30.7 Å². The Hall–Kier alpha value is -1.38. The van der Waals surface area contributed by atoms with Crippen molar-refractivity contribution in [2.24, 2.45) is 0 Å². The van der Waals surface area contributed by atoms with Crippen LogP contribution in [-0.2, 0) is 0 Å². The molecule has 0 saturated carbocycles. The molecule has 0 fully saturated rings. The minimum Gasteiger partial charge on any atom is -0.221 e. The molecule has 11 heavy (non-hydrogen) atoms. The van der Waals surface area contributed by atoms with Crippen molar-refractivity contribution in [2.75, 3.05) is 0 Å². The predicted octanol–water partition coefficient (Wildman–Crippen LogP) is 1.72. The molecule has 3 nitrogen and oxygen atoms in total. The second kappa shape index (κ2) is 3.14. The van der Waals surface area contributed by atoms with E-state index < -0.39 is 0 Å². The molecule has 0 N–H and O–H groups in total. The monoisotopic (exact) mass is 149 g/mol. The van der Waals surface area contributed by atoms with Crippen LogP contribution in [0.25, 0.3) is 12.3 Å². The molecule has 1 aromatic rings. The Balaban J connectivity index is 3.11. The molecular formula is C8H11N3. The van der Waals surface area contributed by atoms with E-state index in [1.165, 1.54) is 0 Å². The smallest absolute Gasteiger partial charge is 0.154 e. The van der Waals surface area contributed by atoms with Crippen LogP contribution in [0.4, 0.5) is 0 Å². The van der Waals surface area contributed by atoms with Crippen molar-refractivity contribution in [2.45, 2.75) is 13.8 Å². The molecule has 0 aliphatic heterocycles. The molecule has 0 unspecified atom stereocenters. The number of allylic oxidation sites excluding steroid dienone is 1. The van der Waals surface area contributed by atoms with Gasteiger partial charge in [0, 0.05) is 6.20 Å². The molecule has 0 radical (unpaired) electrons. The van der Waals surface area contributed by atoms with Crippen LogP contribution >= 0.6 is 0 Å². The zero-order valence-corrected chi connectivity index (χ0v) is 6.78. The van der Waals surface area contributed by atoms with E-state index in [1.807, 2.05) is 26.1 Å². The number of aromatic nitrogens is 3. The first kappa shape index (κ1) is 7.72. The minimum absolute atomic E-state index is 0.762. The highest BCUT2D eigenvalue weighted by Crippen LogP contribution is 1.99. The van der Waals surface area contributed by atoms with Gasteiger partial charge in [-0.3, -0.25) is 0 Å². The molecule has 1 heterocycles. The third-order valence-corrected chi connectivity index (χ3v) is 1.24. The van der Waals surface area contributed by atoms with Gasteiger partial charge in [0.2, 0.25) is 0 Å². The highest BCUT2D eigenvalue weighted by molar-refractivity contribution is 5.41. The van der Waals surface area contributed by atoms with Crippen LogP contribution < -0.4 is 0 Å². The van der Waals surface area contributed by atoms with Gasteiger partial charge < -0.3 is 0 Å². The average molecular weight is 149 g/mol. The fraction of sp³-hybridized carbons (Fsp3) is 0.250. The van der Waals surface area contributed by atoms with Crippen LogP contribution in [0.3, 0.4) is 0 Å². The summed E-state index contributed by atoms with van der Waals surface area (Å²) in [5.41, 5.74) is 0. The Kier molecular flexibility index (Phi) is 2.21. The van der Waals surface area contributed by atoms with Gasteiger partial charge in [-0.05, 0) is 19.9 Å². The molecule has 0 amide bonds. The summed E-state index contributed by atoms with van der Waals surface area (Å²) >= 11 is 0. The number of hydrogen-bond donors (Lipinski definition) is 0. The van der Waals surface area contributed by atoms with Crippen LogP contribution in [0.2, 0.25) is 0 Å². The van der Waals surface area contributed by atoms with E-state index in [0.717, 1.165) is 11.6 Å². The lowest BCUT2D eigenvalue weighted by molar-refractivity contribution is 0.902. The lowest BCUT2D eigenvalue weighted by atomic mass is 10.6. The van der Waals surface area contributed by atoms with E-state index >= 15 is 0 Å². The molecule has 0 bridgehead atoms. The second-order valence-electron chi connectivity index (χ2n) is 2.15. The summed E-state index contributed by atoms with van der Waals surface area (Å²) in [5, 5.41) is 4.12. The van der Waals surface area contributed by atoms with Gasteiger partial charge in [0.15, 0.2) is 5.82 Å². The van der Waals surface area contributed by atoms with Crippen LogP contribution in [0.15, 0.2) is 12.7 Å². The van der Waals surface area contributed by atoms with E-state index in [4.69, 9.17) is 0 Å². The summed E-state index contributed by atoms with van der Waals surface area (Å²) in [7, 11) is 0. The minimum atomic E-state index is 0.762. The van der Waals surface area contributed by atoms with Gasteiger partial charge in [0.05, 0.1) is 0 Å². The zero-order valence-electron chi connectivity index (χ0n) is 6.78. The van der Waals surface area contributed by atoms with Crippen LogP contribution in [0.5, 0.6) is 0 Å². The van der Waals surface area contributed by atoms with Crippen molar-refractivity contribution >= 4 is 12.3 Å². The largest absolute Gasteiger partial charge is 0.221 e. The highest BCUT2D eigenvalue weighted by Gasteiger charge is 1.98.